The SMILES string of the molecule is CCOC(=O)c1ccc(NC2=C(Cl)C(=O)N(c3cccc(C(=O)OCC)c3)C2=O)cc1. The lowest BCUT2D eigenvalue weighted by atomic mass is 10.2. The highest BCUT2D eigenvalue weighted by Gasteiger charge is 2.39. The molecule has 0 unspecified atom stereocenters. The van der Waals surface area contributed by atoms with Gasteiger partial charge in [0.25, 0.3) is 11.8 Å². The minimum atomic E-state index is -0.724. The molecule has 1 aliphatic rings. The summed E-state index contributed by atoms with van der Waals surface area (Å²) >= 11 is 6.13. The van der Waals surface area contributed by atoms with Gasteiger partial charge in [0, 0.05) is 5.69 Å². The molecule has 0 aliphatic carbocycles. The van der Waals surface area contributed by atoms with Gasteiger partial charge in [0.05, 0.1) is 30.0 Å². The van der Waals surface area contributed by atoms with Crippen LogP contribution in [0.2, 0.25) is 0 Å². The number of hydrogen-bond donors (Lipinski definition) is 1. The second kappa shape index (κ2) is 9.44. The average molecular weight is 443 g/mol. The first kappa shape index (κ1) is 22.0. The molecule has 9 heteroatoms. The van der Waals surface area contributed by atoms with Crippen LogP contribution < -0.4 is 10.2 Å². The van der Waals surface area contributed by atoms with Crippen LogP contribution in [0, 0.1) is 0 Å². The van der Waals surface area contributed by atoms with Crippen molar-refractivity contribution in [2.75, 3.05) is 23.4 Å². The summed E-state index contributed by atoms with van der Waals surface area (Å²) < 4.78 is 9.88. The molecule has 2 aromatic rings. The van der Waals surface area contributed by atoms with E-state index in [9.17, 15) is 19.2 Å². The Bertz CT molecular complexity index is 1080. The van der Waals surface area contributed by atoms with Gasteiger partial charge in [-0.25, -0.2) is 14.5 Å². The van der Waals surface area contributed by atoms with Crippen LogP contribution in [0.25, 0.3) is 0 Å². The number of benzene rings is 2. The van der Waals surface area contributed by atoms with E-state index in [0.717, 1.165) is 4.90 Å². The van der Waals surface area contributed by atoms with Crippen molar-refractivity contribution in [3.63, 3.8) is 0 Å². The summed E-state index contributed by atoms with van der Waals surface area (Å²) in [6.07, 6.45) is 0. The van der Waals surface area contributed by atoms with E-state index in [4.69, 9.17) is 21.1 Å². The van der Waals surface area contributed by atoms with Crippen molar-refractivity contribution in [3.8, 4) is 0 Å². The molecule has 1 aliphatic heterocycles. The Kier molecular flexibility index (Phi) is 6.71. The van der Waals surface area contributed by atoms with Gasteiger partial charge in [-0.15, -0.1) is 0 Å². The van der Waals surface area contributed by atoms with E-state index in [0.29, 0.717) is 11.3 Å². The smallest absolute Gasteiger partial charge is 0.338 e. The third kappa shape index (κ3) is 4.59. The number of nitrogens with zero attached hydrogens (tertiary/aromatic N) is 1. The lowest BCUT2D eigenvalue weighted by Crippen LogP contribution is -2.32. The second-order valence-corrected chi connectivity index (χ2v) is 6.71. The molecule has 0 saturated carbocycles. The predicted octanol–water partition coefficient (Wildman–Crippen LogP) is 3.48. The van der Waals surface area contributed by atoms with Gasteiger partial charge in [0.15, 0.2) is 0 Å². The quantitative estimate of drug-likeness (QED) is 0.517. The molecule has 3 rings (SSSR count). The Morgan fingerprint density at radius 3 is 2.13 bits per heavy atom. The molecular formula is C22H19ClN2O6. The fourth-order valence-corrected chi connectivity index (χ4v) is 3.09. The standard InChI is InChI=1S/C22H19ClN2O6/c1-3-30-21(28)13-8-10-15(11-9-13)24-18-17(23)19(26)25(20(18)27)16-7-5-6-14(12-16)22(29)31-4-2/h5-12,24H,3-4H2,1-2H3. The molecule has 0 spiro atoms. The number of carbonyl (C=O) groups is 4. The van der Waals surface area contributed by atoms with Crippen molar-refractivity contribution in [2.45, 2.75) is 13.8 Å². The Morgan fingerprint density at radius 1 is 0.903 bits per heavy atom. The van der Waals surface area contributed by atoms with E-state index < -0.39 is 23.8 Å². The maximum atomic E-state index is 12.9. The van der Waals surface area contributed by atoms with Gasteiger partial charge in [0.2, 0.25) is 0 Å². The molecule has 8 nitrogen and oxygen atoms in total. The summed E-state index contributed by atoms with van der Waals surface area (Å²) in [4.78, 5) is 50.1. The van der Waals surface area contributed by atoms with Crippen LogP contribution in [0.15, 0.2) is 59.3 Å². The summed E-state index contributed by atoms with van der Waals surface area (Å²) in [5, 5.41) is 2.53. The van der Waals surface area contributed by atoms with Gasteiger partial charge < -0.3 is 14.8 Å². The minimum absolute atomic E-state index is 0.114. The van der Waals surface area contributed by atoms with Crippen LogP contribution in [-0.2, 0) is 19.1 Å². The van der Waals surface area contributed by atoms with Crippen molar-refractivity contribution >= 4 is 46.7 Å². The van der Waals surface area contributed by atoms with E-state index >= 15 is 0 Å². The Hall–Kier alpha value is -3.65. The lowest BCUT2D eigenvalue weighted by molar-refractivity contribution is -0.120. The summed E-state index contributed by atoms with van der Waals surface area (Å²) in [5.41, 5.74) is 1.07. The third-order valence-electron chi connectivity index (χ3n) is 4.31. The maximum Gasteiger partial charge on any atom is 0.338 e. The number of carbonyl (C=O) groups excluding carboxylic acids is 4. The highest BCUT2D eigenvalue weighted by Crippen LogP contribution is 2.30. The molecule has 1 heterocycles. The molecule has 0 bridgehead atoms. The van der Waals surface area contributed by atoms with Gasteiger partial charge in [-0.3, -0.25) is 9.59 Å². The Labute approximate surface area is 183 Å². The van der Waals surface area contributed by atoms with Crippen molar-refractivity contribution < 1.29 is 28.7 Å². The molecule has 0 radical (unpaired) electrons. The average Bonchev–Trinajstić information content (AvgIpc) is 2.98. The van der Waals surface area contributed by atoms with Crippen molar-refractivity contribution in [3.05, 3.63) is 70.4 Å². The van der Waals surface area contributed by atoms with Gasteiger partial charge in [-0.2, -0.15) is 0 Å². The number of halogens is 1. The Balaban J connectivity index is 1.81. The van der Waals surface area contributed by atoms with Gasteiger partial charge >= 0.3 is 11.9 Å². The van der Waals surface area contributed by atoms with Crippen molar-refractivity contribution in [2.24, 2.45) is 0 Å². The molecule has 0 fully saturated rings. The molecule has 0 saturated heterocycles. The Morgan fingerprint density at radius 2 is 1.52 bits per heavy atom. The van der Waals surface area contributed by atoms with E-state index in [-0.39, 0.29) is 35.2 Å². The molecular weight excluding hydrogens is 424 g/mol. The minimum Gasteiger partial charge on any atom is -0.462 e. The third-order valence-corrected chi connectivity index (χ3v) is 4.66. The highest BCUT2D eigenvalue weighted by atomic mass is 35.5. The number of esters is 2. The van der Waals surface area contributed by atoms with Crippen LogP contribution in [0.4, 0.5) is 11.4 Å². The van der Waals surface area contributed by atoms with E-state index in [1.807, 2.05) is 0 Å². The first-order valence-corrected chi connectivity index (χ1v) is 9.85. The summed E-state index contributed by atoms with van der Waals surface area (Å²) in [6.45, 7) is 3.83. The van der Waals surface area contributed by atoms with Crippen LogP contribution in [0.3, 0.4) is 0 Å². The zero-order chi connectivity index (χ0) is 22.5. The van der Waals surface area contributed by atoms with Crippen molar-refractivity contribution in [1.29, 1.82) is 0 Å². The fourth-order valence-electron chi connectivity index (χ4n) is 2.88. The van der Waals surface area contributed by atoms with E-state index in [2.05, 4.69) is 5.32 Å². The normalized spacial score (nSPS) is 13.5. The summed E-state index contributed by atoms with van der Waals surface area (Å²) in [7, 11) is 0. The summed E-state index contributed by atoms with van der Waals surface area (Å²) in [6, 6.07) is 12.1. The number of amides is 2. The van der Waals surface area contributed by atoms with Crippen LogP contribution in [-0.4, -0.2) is 37.0 Å². The molecule has 160 valence electrons. The monoisotopic (exact) mass is 442 g/mol. The lowest BCUT2D eigenvalue weighted by Gasteiger charge is -2.16. The van der Waals surface area contributed by atoms with Gasteiger partial charge in [-0.05, 0) is 56.3 Å². The summed E-state index contributed by atoms with van der Waals surface area (Å²) in [5.74, 6) is -2.43. The predicted molar refractivity (Wildman–Crippen MR) is 114 cm³/mol. The first-order chi connectivity index (χ1) is 14.9. The van der Waals surface area contributed by atoms with Crippen LogP contribution in [0.5, 0.6) is 0 Å². The number of imide groups is 1. The molecule has 31 heavy (non-hydrogen) atoms. The second-order valence-electron chi connectivity index (χ2n) is 6.33. The topological polar surface area (TPSA) is 102 Å². The van der Waals surface area contributed by atoms with Gasteiger partial charge in [0.1, 0.15) is 10.7 Å². The fraction of sp³-hybridized carbons (Fsp3) is 0.182. The van der Waals surface area contributed by atoms with Crippen LogP contribution >= 0.6 is 11.6 Å². The molecule has 0 aromatic heterocycles. The van der Waals surface area contributed by atoms with E-state index in [1.165, 1.54) is 36.4 Å². The molecule has 1 N–H and O–H groups in total. The highest BCUT2D eigenvalue weighted by molar-refractivity contribution is 6.53. The van der Waals surface area contributed by atoms with Crippen LogP contribution in [0.1, 0.15) is 34.6 Å². The molecule has 2 aromatic carbocycles. The largest absolute Gasteiger partial charge is 0.462 e. The van der Waals surface area contributed by atoms with Crippen molar-refractivity contribution in [1.82, 2.24) is 0 Å². The molecule has 0 atom stereocenters. The number of ether oxygens (including phenoxy) is 2. The zero-order valence-corrected chi connectivity index (χ0v) is 17.6. The molecule has 2 amide bonds. The maximum absolute atomic E-state index is 12.9. The number of nitrogens with one attached hydrogen (secondary N) is 1. The number of rotatable bonds is 7. The zero-order valence-electron chi connectivity index (χ0n) is 16.8. The van der Waals surface area contributed by atoms with Gasteiger partial charge in [-0.1, -0.05) is 17.7 Å². The number of hydrogen-bond acceptors (Lipinski definition) is 7. The first-order valence-electron chi connectivity index (χ1n) is 9.47. The number of anilines is 2. The van der Waals surface area contributed by atoms with E-state index in [1.54, 1.807) is 26.0 Å².